The normalized spacial score (nSPS) is 24.2. The number of sulfonamides is 1. The van der Waals surface area contributed by atoms with E-state index in [-0.39, 0.29) is 17.6 Å². The predicted molar refractivity (Wildman–Crippen MR) is 88.0 cm³/mol. The van der Waals surface area contributed by atoms with Crippen LogP contribution in [0.5, 0.6) is 0 Å². The van der Waals surface area contributed by atoms with Gasteiger partial charge in [0.25, 0.3) is 5.91 Å². The van der Waals surface area contributed by atoms with Gasteiger partial charge >= 0.3 is 0 Å². The van der Waals surface area contributed by atoms with E-state index in [1.165, 1.54) is 6.26 Å². The highest BCUT2D eigenvalue weighted by Gasteiger charge is 2.42. The van der Waals surface area contributed by atoms with E-state index in [0.29, 0.717) is 51.1 Å². The Labute approximate surface area is 142 Å². The number of rotatable bonds is 3. The highest BCUT2D eigenvalue weighted by molar-refractivity contribution is 7.88. The molecule has 3 rings (SSSR count). The molecule has 2 fully saturated rings. The van der Waals surface area contributed by atoms with Gasteiger partial charge < -0.3 is 9.64 Å². The van der Waals surface area contributed by atoms with Gasteiger partial charge in [-0.2, -0.15) is 5.10 Å². The van der Waals surface area contributed by atoms with Gasteiger partial charge in [-0.25, -0.2) is 13.1 Å². The third-order valence-corrected chi connectivity index (χ3v) is 5.53. The van der Waals surface area contributed by atoms with Crippen LogP contribution in [0.15, 0.2) is 12.3 Å². The topological polar surface area (TPSA) is 93.5 Å². The number of hydrogen-bond donors (Lipinski definition) is 1. The largest absolute Gasteiger partial charge is 0.375 e. The molecule has 1 aromatic rings. The lowest BCUT2D eigenvalue weighted by Crippen LogP contribution is -2.54. The Balaban J connectivity index is 1.60. The lowest BCUT2D eigenvalue weighted by atomic mass is 9.82. The van der Waals surface area contributed by atoms with Crippen molar-refractivity contribution in [1.82, 2.24) is 19.4 Å². The van der Waals surface area contributed by atoms with Crippen molar-refractivity contribution in [2.45, 2.75) is 37.3 Å². The van der Waals surface area contributed by atoms with Gasteiger partial charge in [-0.05, 0) is 31.7 Å². The number of likely N-dealkylation sites (tertiary alicyclic amines) is 1. The van der Waals surface area contributed by atoms with Crippen LogP contribution in [0.2, 0.25) is 0 Å². The maximum atomic E-state index is 12.5. The first-order valence-corrected chi connectivity index (χ1v) is 10.1. The molecular formula is C15H24N4O4S. The van der Waals surface area contributed by atoms with Crippen LogP contribution in [-0.4, -0.2) is 66.6 Å². The van der Waals surface area contributed by atoms with Crippen molar-refractivity contribution in [2.24, 2.45) is 7.05 Å². The average molecular weight is 356 g/mol. The van der Waals surface area contributed by atoms with Gasteiger partial charge in [-0.3, -0.25) is 9.48 Å². The fraction of sp³-hybridized carbons (Fsp3) is 0.733. The lowest BCUT2D eigenvalue weighted by Gasteiger charge is -2.46. The van der Waals surface area contributed by atoms with Crippen LogP contribution in [0, 0.1) is 0 Å². The average Bonchev–Trinajstić information content (AvgIpc) is 2.92. The molecule has 134 valence electrons. The molecule has 0 saturated carbocycles. The second kappa shape index (κ2) is 6.45. The number of carbonyl (C=O) groups is 1. The Kier molecular flexibility index (Phi) is 4.67. The van der Waals surface area contributed by atoms with Crippen molar-refractivity contribution in [1.29, 1.82) is 0 Å². The molecule has 1 aromatic heterocycles. The van der Waals surface area contributed by atoms with Gasteiger partial charge in [0, 0.05) is 39.0 Å². The van der Waals surface area contributed by atoms with E-state index >= 15 is 0 Å². The number of piperidine rings is 1. The highest BCUT2D eigenvalue weighted by atomic mass is 32.2. The fourth-order valence-corrected chi connectivity index (χ4v) is 4.39. The molecule has 0 aromatic carbocycles. The van der Waals surface area contributed by atoms with Crippen molar-refractivity contribution in [3.05, 3.63) is 18.0 Å². The Hall–Kier alpha value is -1.45. The highest BCUT2D eigenvalue weighted by Crippen LogP contribution is 2.35. The fourth-order valence-electron chi connectivity index (χ4n) is 3.59. The van der Waals surface area contributed by atoms with Gasteiger partial charge in [0.2, 0.25) is 10.0 Å². The minimum atomic E-state index is -3.22. The number of aromatic nitrogens is 2. The Morgan fingerprint density at radius 2 is 2.12 bits per heavy atom. The van der Waals surface area contributed by atoms with Gasteiger partial charge in [0.05, 0.1) is 11.9 Å². The second-order valence-electron chi connectivity index (χ2n) is 6.78. The summed E-state index contributed by atoms with van der Waals surface area (Å²) in [6.45, 7) is 1.74. The van der Waals surface area contributed by atoms with Crippen molar-refractivity contribution < 1.29 is 17.9 Å². The van der Waals surface area contributed by atoms with Crippen molar-refractivity contribution >= 4 is 15.9 Å². The van der Waals surface area contributed by atoms with Crippen LogP contribution in [0.3, 0.4) is 0 Å². The van der Waals surface area contributed by atoms with E-state index in [9.17, 15) is 13.2 Å². The predicted octanol–water partition coefficient (Wildman–Crippen LogP) is 0.123. The molecule has 1 amide bonds. The number of nitrogens with zero attached hydrogens (tertiary/aromatic N) is 3. The molecule has 0 radical (unpaired) electrons. The molecular weight excluding hydrogens is 332 g/mol. The molecule has 0 bridgehead atoms. The summed E-state index contributed by atoms with van der Waals surface area (Å²) in [4.78, 5) is 14.3. The molecule has 0 unspecified atom stereocenters. The van der Waals surface area contributed by atoms with Gasteiger partial charge in [0.15, 0.2) is 0 Å². The molecule has 1 atom stereocenters. The first-order valence-electron chi connectivity index (χ1n) is 8.17. The first kappa shape index (κ1) is 17.4. The Morgan fingerprint density at radius 3 is 2.71 bits per heavy atom. The van der Waals surface area contributed by atoms with Crippen LogP contribution < -0.4 is 4.72 Å². The molecule has 3 heterocycles. The second-order valence-corrected chi connectivity index (χ2v) is 8.56. The summed E-state index contributed by atoms with van der Waals surface area (Å²) in [6.07, 6.45) is 5.71. The summed E-state index contributed by atoms with van der Waals surface area (Å²) in [5, 5.41) is 4.16. The summed E-state index contributed by atoms with van der Waals surface area (Å²) in [5.41, 5.74) is 0.122. The molecule has 9 heteroatoms. The van der Waals surface area contributed by atoms with Crippen LogP contribution >= 0.6 is 0 Å². The zero-order valence-electron chi connectivity index (χ0n) is 14.1. The summed E-state index contributed by atoms with van der Waals surface area (Å²) in [5.74, 6) is -0.0629. The number of amides is 1. The van der Waals surface area contributed by atoms with E-state index in [2.05, 4.69) is 9.82 Å². The number of nitrogens with one attached hydrogen (secondary N) is 1. The number of carbonyl (C=O) groups excluding carboxylic acids is 1. The van der Waals surface area contributed by atoms with E-state index < -0.39 is 10.0 Å². The Morgan fingerprint density at radius 1 is 1.42 bits per heavy atom. The third-order valence-electron chi connectivity index (χ3n) is 4.77. The van der Waals surface area contributed by atoms with Gasteiger partial charge in [-0.15, -0.1) is 0 Å². The summed E-state index contributed by atoms with van der Waals surface area (Å²) in [7, 11) is -1.43. The van der Waals surface area contributed by atoms with Gasteiger partial charge in [0.1, 0.15) is 5.69 Å². The number of hydrogen-bond acceptors (Lipinski definition) is 5. The van der Waals surface area contributed by atoms with Crippen LogP contribution in [0.1, 0.15) is 36.2 Å². The van der Waals surface area contributed by atoms with Crippen molar-refractivity contribution in [3.8, 4) is 0 Å². The standard InChI is InChI=1S/C15H24N4O4S/c1-18-7-3-13(16-18)14(20)19-8-5-15(6-9-19)11-12(4-10-23-15)17-24(2,21)22/h3,7,12,17H,4-6,8-11H2,1-2H3/t12-/m0/s1. The molecule has 1 spiro atoms. The Bertz CT molecular complexity index is 707. The summed E-state index contributed by atoms with van der Waals surface area (Å²) < 4.78 is 33.2. The quantitative estimate of drug-likeness (QED) is 0.830. The molecule has 1 N–H and O–H groups in total. The molecule has 24 heavy (non-hydrogen) atoms. The molecule has 0 aliphatic carbocycles. The monoisotopic (exact) mass is 356 g/mol. The minimum absolute atomic E-state index is 0.0629. The first-order chi connectivity index (χ1) is 11.3. The molecule has 2 aliphatic rings. The van der Waals surface area contributed by atoms with E-state index in [1.54, 1.807) is 28.9 Å². The molecule has 2 aliphatic heterocycles. The SMILES string of the molecule is Cn1ccc(C(=O)N2CCC3(CC2)C[C@@H](NS(C)(=O)=O)CCO3)n1. The summed E-state index contributed by atoms with van der Waals surface area (Å²) in [6, 6.07) is 1.63. The number of ether oxygens (including phenoxy) is 1. The maximum absolute atomic E-state index is 12.5. The van der Waals surface area contributed by atoms with Crippen LogP contribution in [-0.2, 0) is 21.8 Å². The summed E-state index contributed by atoms with van der Waals surface area (Å²) >= 11 is 0. The van der Waals surface area contributed by atoms with E-state index in [1.807, 2.05) is 0 Å². The van der Waals surface area contributed by atoms with Crippen LogP contribution in [0.25, 0.3) is 0 Å². The van der Waals surface area contributed by atoms with Crippen molar-refractivity contribution in [2.75, 3.05) is 26.0 Å². The van der Waals surface area contributed by atoms with Crippen molar-refractivity contribution in [3.63, 3.8) is 0 Å². The van der Waals surface area contributed by atoms with Gasteiger partial charge in [-0.1, -0.05) is 0 Å². The van der Waals surface area contributed by atoms with Crippen LogP contribution in [0.4, 0.5) is 0 Å². The third kappa shape index (κ3) is 3.96. The van der Waals surface area contributed by atoms with E-state index in [4.69, 9.17) is 4.74 Å². The molecule has 8 nitrogen and oxygen atoms in total. The zero-order chi connectivity index (χ0) is 17.4. The maximum Gasteiger partial charge on any atom is 0.274 e. The number of aryl methyl sites for hydroxylation is 1. The zero-order valence-corrected chi connectivity index (χ0v) is 14.9. The lowest BCUT2D eigenvalue weighted by molar-refractivity contribution is -0.113. The molecule has 2 saturated heterocycles. The van der Waals surface area contributed by atoms with E-state index in [0.717, 1.165) is 0 Å². The smallest absolute Gasteiger partial charge is 0.274 e. The minimum Gasteiger partial charge on any atom is -0.375 e.